The molecule has 21 heavy (non-hydrogen) atoms. The zero-order valence-corrected chi connectivity index (χ0v) is 11.7. The van der Waals surface area contributed by atoms with Crippen LogP contribution in [-0.4, -0.2) is 46.9 Å². The van der Waals surface area contributed by atoms with Gasteiger partial charge in [-0.3, -0.25) is 10.1 Å². The van der Waals surface area contributed by atoms with Gasteiger partial charge in [-0.05, 0) is 12.8 Å². The van der Waals surface area contributed by atoms with Crippen molar-refractivity contribution in [2.75, 3.05) is 16.8 Å². The number of pyridine rings is 1. The first-order valence-electron chi connectivity index (χ1n) is 6.13. The van der Waals surface area contributed by atoms with Crippen molar-refractivity contribution in [2.45, 2.75) is 18.9 Å². The van der Waals surface area contributed by atoms with Crippen LogP contribution in [0.2, 0.25) is 0 Å². The summed E-state index contributed by atoms with van der Waals surface area (Å²) in [4.78, 5) is 24.8. The second kappa shape index (κ2) is 5.64. The quantitative estimate of drug-likeness (QED) is 0.610. The molecular weight excluding hydrogens is 302 g/mol. The van der Waals surface area contributed by atoms with Gasteiger partial charge in [-0.1, -0.05) is 0 Å². The molecule has 0 saturated carbocycles. The molecule has 0 aromatic carbocycles. The molecule has 1 aliphatic rings. The molecule has 1 unspecified atom stereocenters. The second-order valence-corrected chi connectivity index (χ2v) is 6.98. The summed E-state index contributed by atoms with van der Waals surface area (Å²) in [7, 11) is -3.15. The van der Waals surface area contributed by atoms with Crippen molar-refractivity contribution in [3.63, 3.8) is 0 Å². The number of carboxylic acids is 1. The number of carbonyl (C=O) groups is 1. The summed E-state index contributed by atoms with van der Waals surface area (Å²) >= 11 is 0. The number of aromatic nitrogens is 1. The van der Waals surface area contributed by atoms with Gasteiger partial charge in [0.2, 0.25) is 0 Å². The van der Waals surface area contributed by atoms with Gasteiger partial charge >= 0.3 is 5.97 Å². The summed E-state index contributed by atoms with van der Waals surface area (Å²) in [5, 5.41) is 22.5. The number of anilines is 1. The third-order valence-electron chi connectivity index (χ3n) is 3.12. The van der Waals surface area contributed by atoms with Gasteiger partial charge in [0.15, 0.2) is 9.84 Å². The van der Waals surface area contributed by atoms with Crippen LogP contribution >= 0.6 is 0 Å². The SMILES string of the molecule is O=C(O)c1cc([N+](=O)[O-])cnc1NC1CCCS(=O)(=O)C1. The summed E-state index contributed by atoms with van der Waals surface area (Å²) < 4.78 is 23.1. The molecule has 1 aromatic heterocycles. The Balaban J connectivity index is 2.27. The average molecular weight is 315 g/mol. The lowest BCUT2D eigenvalue weighted by molar-refractivity contribution is -0.385. The molecule has 1 aliphatic heterocycles. The number of nitro groups is 1. The van der Waals surface area contributed by atoms with E-state index in [4.69, 9.17) is 5.11 Å². The van der Waals surface area contributed by atoms with E-state index in [1.807, 2.05) is 0 Å². The van der Waals surface area contributed by atoms with Crippen molar-refractivity contribution >= 4 is 27.3 Å². The fourth-order valence-electron chi connectivity index (χ4n) is 2.16. The van der Waals surface area contributed by atoms with E-state index in [2.05, 4.69) is 10.3 Å². The van der Waals surface area contributed by atoms with Crippen molar-refractivity contribution in [3.8, 4) is 0 Å². The number of hydrogen-bond acceptors (Lipinski definition) is 7. The Kier molecular flexibility index (Phi) is 4.07. The maximum absolute atomic E-state index is 11.5. The van der Waals surface area contributed by atoms with Crippen molar-refractivity contribution in [3.05, 3.63) is 27.9 Å². The summed E-state index contributed by atoms with van der Waals surface area (Å²) in [5.41, 5.74) is -0.790. The van der Waals surface area contributed by atoms with Crippen molar-refractivity contribution in [2.24, 2.45) is 0 Å². The number of aromatic carboxylic acids is 1. The fourth-order valence-corrected chi connectivity index (χ4v) is 3.80. The molecule has 0 radical (unpaired) electrons. The van der Waals surface area contributed by atoms with E-state index < -0.39 is 32.5 Å². The minimum atomic E-state index is -3.15. The average Bonchev–Trinajstić information content (AvgIpc) is 2.37. The van der Waals surface area contributed by atoms with E-state index >= 15 is 0 Å². The summed E-state index contributed by atoms with van der Waals surface area (Å²) in [5.74, 6) is -1.42. The summed E-state index contributed by atoms with van der Waals surface area (Å²) in [6.45, 7) is 0. The lowest BCUT2D eigenvalue weighted by atomic mass is 10.1. The molecule has 0 aliphatic carbocycles. The predicted molar refractivity (Wildman–Crippen MR) is 73.1 cm³/mol. The highest BCUT2D eigenvalue weighted by Crippen LogP contribution is 2.22. The van der Waals surface area contributed by atoms with Crippen LogP contribution in [0.1, 0.15) is 23.2 Å². The van der Waals surface area contributed by atoms with E-state index in [0.29, 0.717) is 12.8 Å². The number of carboxylic acid groups (broad SMARTS) is 1. The van der Waals surface area contributed by atoms with Crippen LogP contribution in [0.25, 0.3) is 0 Å². The first kappa shape index (κ1) is 15.2. The first-order chi connectivity index (χ1) is 9.78. The molecule has 1 fully saturated rings. The van der Waals surface area contributed by atoms with Crippen molar-refractivity contribution in [1.29, 1.82) is 0 Å². The van der Waals surface area contributed by atoms with Gasteiger partial charge in [-0.2, -0.15) is 0 Å². The molecule has 1 saturated heterocycles. The van der Waals surface area contributed by atoms with Gasteiger partial charge in [0.25, 0.3) is 5.69 Å². The van der Waals surface area contributed by atoms with Gasteiger partial charge in [-0.25, -0.2) is 18.2 Å². The Morgan fingerprint density at radius 3 is 2.81 bits per heavy atom. The fraction of sp³-hybridized carbons (Fsp3) is 0.455. The summed E-state index contributed by atoms with van der Waals surface area (Å²) in [6.07, 6.45) is 1.98. The highest BCUT2D eigenvalue weighted by molar-refractivity contribution is 7.91. The highest BCUT2D eigenvalue weighted by Gasteiger charge is 2.27. The largest absolute Gasteiger partial charge is 0.478 e. The number of rotatable bonds is 4. The number of nitrogens with zero attached hydrogens (tertiary/aromatic N) is 2. The molecule has 2 heterocycles. The lowest BCUT2D eigenvalue weighted by Gasteiger charge is -2.23. The second-order valence-electron chi connectivity index (χ2n) is 4.75. The zero-order valence-electron chi connectivity index (χ0n) is 10.9. The minimum Gasteiger partial charge on any atom is -0.478 e. The van der Waals surface area contributed by atoms with Gasteiger partial charge in [0.1, 0.15) is 17.6 Å². The van der Waals surface area contributed by atoms with Gasteiger partial charge in [0, 0.05) is 12.1 Å². The molecule has 114 valence electrons. The molecule has 0 bridgehead atoms. The molecule has 0 amide bonds. The molecule has 1 atom stereocenters. The van der Waals surface area contributed by atoms with Crippen LogP contribution in [0.15, 0.2) is 12.3 Å². The van der Waals surface area contributed by atoms with Gasteiger partial charge < -0.3 is 10.4 Å². The third-order valence-corrected chi connectivity index (χ3v) is 4.94. The topological polar surface area (TPSA) is 140 Å². The van der Waals surface area contributed by atoms with Crippen molar-refractivity contribution < 1.29 is 23.2 Å². The molecule has 2 N–H and O–H groups in total. The number of sulfone groups is 1. The highest BCUT2D eigenvalue weighted by atomic mass is 32.2. The summed E-state index contributed by atoms with van der Waals surface area (Å²) in [6, 6.07) is 0.449. The Morgan fingerprint density at radius 1 is 1.52 bits per heavy atom. The normalized spacial score (nSPS) is 20.7. The predicted octanol–water partition coefficient (Wildman–Crippen LogP) is 0.677. The molecule has 0 spiro atoms. The van der Waals surface area contributed by atoms with E-state index in [-0.39, 0.29) is 22.9 Å². The maximum atomic E-state index is 11.5. The van der Waals surface area contributed by atoms with Crippen LogP contribution in [-0.2, 0) is 9.84 Å². The standard InChI is InChI=1S/C11H13N3O6S/c15-11(16)9-4-8(14(17)18)5-12-10(9)13-7-2-1-3-21(19,20)6-7/h4-5,7H,1-3,6H2,(H,12,13)(H,15,16). The van der Waals surface area contributed by atoms with E-state index in [0.717, 1.165) is 12.3 Å². The Bertz CT molecular complexity index is 687. The van der Waals surface area contributed by atoms with Crippen LogP contribution < -0.4 is 5.32 Å². The Labute approximate surface area is 120 Å². The van der Waals surface area contributed by atoms with Crippen LogP contribution in [0.5, 0.6) is 0 Å². The Hall–Kier alpha value is -2.23. The molecule has 2 rings (SSSR count). The lowest BCUT2D eigenvalue weighted by Crippen LogP contribution is -2.35. The third kappa shape index (κ3) is 3.66. The Morgan fingerprint density at radius 2 is 2.24 bits per heavy atom. The van der Waals surface area contributed by atoms with Gasteiger partial charge in [0.05, 0.1) is 16.4 Å². The molecular formula is C11H13N3O6S. The van der Waals surface area contributed by atoms with Crippen LogP contribution in [0.4, 0.5) is 11.5 Å². The van der Waals surface area contributed by atoms with E-state index in [9.17, 15) is 23.3 Å². The maximum Gasteiger partial charge on any atom is 0.339 e. The van der Waals surface area contributed by atoms with Crippen LogP contribution in [0, 0.1) is 10.1 Å². The van der Waals surface area contributed by atoms with E-state index in [1.54, 1.807) is 0 Å². The monoisotopic (exact) mass is 315 g/mol. The molecule has 9 nitrogen and oxygen atoms in total. The molecule has 1 aromatic rings. The molecule has 10 heteroatoms. The smallest absolute Gasteiger partial charge is 0.339 e. The van der Waals surface area contributed by atoms with Crippen LogP contribution in [0.3, 0.4) is 0 Å². The number of hydrogen-bond donors (Lipinski definition) is 2. The van der Waals surface area contributed by atoms with E-state index in [1.165, 1.54) is 0 Å². The minimum absolute atomic E-state index is 0.0600. The van der Waals surface area contributed by atoms with Crippen molar-refractivity contribution in [1.82, 2.24) is 4.98 Å². The zero-order chi connectivity index (χ0) is 15.6. The number of nitrogens with one attached hydrogen (secondary N) is 1. The first-order valence-corrected chi connectivity index (χ1v) is 7.95. The van der Waals surface area contributed by atoms with Gasteiger partial charge in [-0.15, -0.1) is 0 Å².